The Morgan fingerprint density at radius 1 is 1.09 bits per heavy atom. The number of benzene rings is 2. The van der Waals surface area contributed by atoms with Crippen LogP contribution in [0.15, 0.2) is 53.7 Å². The first-order chi connectivity index (χ1) is 15.8. The summed E-state index contributed by atoms with van der Waals surface area (Å²) in [5.41, 5.74) is 3.88. The lowest BCUT2D eigenvalue weighted by Gasteiger charge is -2.30. The molecule has 0 aromatic heterocycles. The van der Waals surface area contributed by atoms with E-state index in [1.54, 1.807) is 33.1 Å². The second kappa shape index (κ2) is 10.9. The normalized spacial score (nSPS) is 15.7. The molecule has 0 saturated carbocycles. The van der Waals surface area contributed by atoms with Crippen LogP contribution in [0.1, 0.15) is 56.3 Å². The quantitative estimate of drug-likeness (QED) is 0.526. The van der Waals surface area contributed by atoms with E-state index in [0.717, 1.165) is 12.0 Å². The maximum Gasteiger partial charge on any atom is 0.338 e. The number of rotatable bonds is 9. The molecule has 2 amide bonds. The van der Waals surface area contributed by atoms with Gasteiger partial charge in [-0.1, -0.05) is 49.2 Å². The zero-order valence-corrected chi connectivity index (χ0v) is 19.9. The van der Waals surface area contributed by atoms with E-state index in [4.69, 9.17) is 14.2 Å². The highest BCUT2D eigenvalue weighted by atomic mass is 16.5. The zero-order chi connectivity index (χ0) is 24.0. The molecule has 2 N–H and O–H groups in total. The third-order valence-corrected chi connectivity index (χ3v) is 5.25. The summed E-state index contributed by atoms with van der Waals surface area (Å²) in [5.74, 6) is 0.635. The SMILES string of the molecule is CCCC1=C(C(=O)OC(C)C)C(c2ccc(OC)c(OCc3ccc(C)cc3)c2)NC(=O)N1. The second-order valence-electron chi connectivity index (χ2n) is 8.31. The van der Waals surface area contributed by atoms with E-state index >= 15 is 0 Å². The molecule has 1 aliphatic heterocycles. The summed E-state index contributed by atoms with van der Waals surface area (Å²) in [5, 5.41) is 5.65. The van der Waals surface area contributed by atoms with Crippen molar-refractivity contribution in [2.75, 3.05) is 7.11 Å². The van der Waals surface area contributed by atoms with E-state index in [0.29, 0.717) is 41.4 Å². The van der Waals surface area contributed by atoms with Gasteiger partial charge in [-0.3, -0.25) is 0 Å². The fraction of sp³-hybridized carbons (Fsp3) is 0.385. The van der Waals surface area contributed by atoms with Gasteiger partial charge in [0.2, 0.25) is 0 Å². The Balaban J connectivity index is 1.96. The van der Waals surface area contributed by atoms with E-state index in [1.165, 1.54) is 5.56 Å². The summed E-state index contributed by atoms with van der Waals surface area (Å²) >= 11 is 0. The van der Waals surface area contributed by atoms with E-state index in [9.17, 15) is 9.59 Å². The summed E-state index contributed by atoms with van der Waals surface area (Å²) < 4.78 is 17.0. The van der Waals surface area contributed by atoms with Gasteiger partial charge in [0.15, 0.2) is 11.5 Å². The molecule has 2 aromatic carbocycles. The molecule has 1 aliphatic rings. The molecule has 7 heteroatoms. The van der Waals surface area contributed by atoms with Gasteiger partial charge >= 0.3 is 12.0 Å². The molecule has 33 heavy (non-hydrogen) atoms. The number of methoxy groups -OCH3 is 1. The van der Waals surface area contributed by atoms with Gasteiger partial charge in [-0.05, 0) is 50.5 Å². The van der Waals surface area contributed by atoms with Gasteiger partial charge in [0, 0.05) is 5.70 Å². The first-order valence-electron chi connectivity index (χ1n) is 11.2. The van der Waals surface area contributed by atoms with Crippen molar-refractivity contribution in [3.05, 3.63) is 70.4 Å². The van der Waals surface area contributed by atoms with E-state index in [2.05, 4.69) is 10.6 Å². The minimum Gasteiger partial charge on any atom is -0.493 e. The molecule has 2 aromatic rings. The lowest BCUT2D eigenvalue weighted by atomic mass is 9.93. The average Bonchev–Trinajstić information content (AvgIpc) is 2.77. The number of carbonyl (C=O) groups excluding carboxylic acids is 2. The first kappa shape index (κ1) is 24.2. The molecule has 1 unspecified atom stereocenters. The lowest BCUT2D eigenvalue weighted by molar-refractivity contribution is -0.143. The monoisotopic (exact) mass is 452 g/mol. The van der Waals surface area contributed by atoms with Crippen LogP contribution in [0.25, 0.3) is 0 Å². The van der Waals surface area contributed by atoms with Crippen molar-refractivity contribution in [1.82, 2.24) is 10.6 Å². The summed E-state index contributed by atoms with van der Waals surface area (Å²) in [7, 11) is 1.57. The highest BCUT2D eigenvalue weighted by Gasteiger charge is 2.34. The molecule has 0 fully saturated rings. The van der Waals surface area contributed by atoms with Crippen LogP contribution in [0.3, 0.4) is 0 Å². The van der Waals surface area contributed by atoms with Gasteiger partial charge in [0.05, 0.1) is 24.8 Å². The largest absolute Gasteiger partial charge is 0.493 e. The molecule has 1 heterocycles. The zero-order valence-electron chi connectivity index (χ0n) is 19.9. The molecule has 176 valence electrons. The van der Waals surface area contributed by atoms with Crippen LogP contribution in [-0.2, 0) is 16.1 Å². The van der Waals surface area contributed by atoms with Gasteiger partial charge < -0.3 is 24.8 Å². The van der Waals surface area contributed by atoms with Gasteiger partial charge in [-0.2, -0.15) is 0 Å². The van der Waals surface area contributed by atoms with Crippen LogP contribution in [0, 0.1) is 6.92 Å². The number of allylic oxidation sites excluding steroid dienone is 1. The number of aryl methyl sites for hydroxylation is 1. The highest BCUT2D eigenvalue weighted by molar-refractivity contribution is 5.95. The van der Waals surface area contributed by atoms with Crippen molar-refractivity contribution >= 4 is 12.0 Å². The van der Waals surface area contributed by atoms with Crippen molar-refractivity contribution in [3.63, 3.8) is 0 Å². The molecule has 0 bridgehead atoms. The fourth-order valence-corrected chi connectivity index (χ4v) is 3.66. The Labute approximate surface area is 195 Å². The third-order valence-electron chi connectivity index (χ3n) is 5.25. The topological polar surface area (TPSA) is 85.9 Å². The molecule has 0 saturated heterocycles. The average molecular weight is 453 g/mol. The number of carbonyl (C=O) groups is 2. The Kier molecular flexibility index (Phi) is 7.98. The Morgan fingerprint density at radius 3 is 2.45 bits per heavy atom. The van der Waals surface area contributed by atoms with Crippen LogP contribution in [0.4, 0.5) is 4.79 Å². The standard InChI is InChI=1S/C26H32N2O5/c1-6-7-20-23(25(29)33-16(2)3)24(28-26(30)27-20)19-12-13-21(31-5)22(14-19)32-15-18-10-8-17(4)9-11-18/h8-14,16,24H,6-7,15H2,1-5H3,(H2,27,28,30). The number of esters is 1. The van der Waals surface area contributed by atoms with E-state index in [-0.39, 0.29) is 12.1 Å². The molecule has 7 nitrogen and oxygen atoms in total. The van der Waals surface area contributed by atoms with Crippen LogP contribution >= 0.6 is 0 Å². The van der Waals surface area contributed by atoms with E-state index in [1.807, 2.05) is 44.2 Å². The Bertz CT molecular complexity index is 1030. The number of nitrogens with one attached hydrogen (secondary N) is 2. The second-order valence-corrected chi connectivity index (χ2v) is 8.31. The molecule has 1 atom stereocenters. The van der Waals surface area contributed by atoms with Crippen LogP contribution in [0.5, 0.6) is 11.5 Å². The summed E-state index contributed by atoms with van der Waals surface area (Å²) in [6.45, 7) is 7.98. The molecular formula is C26H32N2O5. The molecule has 0 aliphatic carbocycles. The molecule has 0 spiro atoms. The molecule has 0 radical (unpaired) electrons. The molecule has 3 rings (SSSR count). The number of hydrogen-bond acceptors (Lipinski definition) is 5. The van der Waals surface area contributed by atoms with Crippen molar-refractivity contribution in [3.8, 4) is 11.5 Å². The number of urea groups is 1. The van der Waals surface area contributed by atoms with Gasteiger partial charge in [0.1, 0.15) is 6.61 Å². The number of amides is 2. The summed E-state index contributed by atoms with van der Waals surface area (Å²) in [6.07, 6.45) is 1.05. The number of hydrogen-bond donors (Lipinski definition) is 2. The molecular weight excluding hydrogens is 420 g/mol. The fourth-order valence-electron chi connectivity index (χ4n) is 3.66. The van der Waals surface area contributed by atoms with Crippen molar-refractivity contribution in [2.45, 2.75) is 59.3 Å². The predicted octanol–water partition coefficient (Wildman–Crippen LogP) is 4.94. The summed E-state index contributed by atoms with van der Waals surface area (Å²) in [6, 6.07) is 12.5. The van der Waals surface area contributed by atoms with E-state index < -0.39 is 12.0 Å². The summed E-state index contributed by atoms with van der Waals surface area (Å²) in [4.78, 5) is 25.4. The first-order valence-corrected chi connectivity index (χ1v) is 11.2. The number of ether oxygens (including phenoxy) is 3. The van der Waals surface area contributed by atoms with Crippen LogP contribution in [-0.4, -0.2) is 25.2 Å². The minimum absolute atomic E-state index is 0.282. The van der Waals surface area contributed by atoms with Crippen LogP contribution < -0.4 is 20.1 Å². The van der Waals surface area contributed by atoms with Gasteiger partial charge in [0.25, 0.3) is 0 Å². The lowest BCUT2D eigenvalue weighted by Crippen LogP contribution is -2.46. The third kappa shape index (κ3) is 6.06. The minimum atomic E-state index is -0.667. The van der Waals surface area contributed by atoms with Crippen molar-refractivity contribution in [1.29, 1.82) is 0 Å². The van der Waals surface area contributed by atoms with Gasteiger partial charge in [-0.15, -0.1) is 0 Å². The highest BCUT2D eigenvalue weighted by Crippen LogP contribution is 2.35. The van der Waals surface area contributed by atoms with Crippen LogP contribution in [0.2, 0.25) is 0 Å². The maximum atomic E-state index is 13.0. The smallest absolute Gasteiger partial charge is 0.338 e. The van der Waals surface area contributed by atoms with Crippen molar-refractivity contribution < 1.29 is 23.8 Å². The van der Waals surface area contributed by atoms with Gasteiger partial charge in [-0.25, -0.2) is 9.59 Å². The Morgan fingerprint density at radius 2 is 1.82 bits per heavy atom. The Hall–Kier alpha value is -3.48. The predicted molar refractivity (Wildman–Crippen MR) is 126 cm³/mol. The maximum absolute atomic E-state index is 13.0. The van der Waals surface area contributed by atoms with Crippen molar-refractivity contribution in [2.24, 2.45) is 0 Å².